The Morgan fingerprint density at radius 2 is 1.30 bits per heavy atom. The molecule has 14 nitrogen and oxygen atoms in total. The van der Waals surface area contributed by atoms with Crippen LogP contribution in [0.4, 0.5) is 9.59 Å². The summed E-state index contributed by atoms with van der Waals surface area (Å²) in [4.78, 5) is 74.9. The first-order chi connectivity index (χ1) is 35.4. The number of likely N-dealkylation sites (tertiary alicyclic amines) is 2. The van der Waals surface area contributed by atoms with Crippen LogP contribution in [0.25, 0.3) is 34.3 Å². The maximum absolute atomic E-state index is 14.2. The number of nitrogens with one attached hydrogen (secondary N) is 4. The van der Waals surface area contributed by atoms with Crippen LogP contribution < -0.4 is 20.1 Å². The van der Waals surface area contributed by atoms with Gasteiger partial charge in [-0.25, -0.2) is 19.6 Å². The van der Waals surface area contributed by atoms with Crippen molar-refractivity contribution in [3.63, 3.8) is 0 Å². The Balaban J connectivity index is 0.840. The fourth-order valence-corrected chi connectivity index (χ4v) is 11.5. The Morgan fingerprint density at radius 1 is 0.726 bits per heavy atom. The van der Waals surface area contributed by atoms with Gasteiger partial charge in [0.2, 0.25) is 11.8 Å². The van der Waals surface area contributed by atoms with E-state index < -0.39 is 24.3 Å². The van der Waals surface area contributed by atoms with E-state index in [1.807, 2.05) is 49.6 Å². The molecule has 10 rings (SSSR count). The molecule has 0 bridgehead atoms. The average Bonchev–Trinajstić information content (AvgIpc) is 4.24. The van der Waals surface area contributed by atoms with E-state index >= 15 is 0 Å². The molecule has 6 aromatic rings. The first kappa shape index (κ1) is 49.1. The molecule has 73 heavy (non-hydrogen) atoms. The molecule has 2 saturated heterocycles. The summed E-state index contributed by atoms with van der Waals surface area (Å²) in [6.45, 7) is 12.9. The van der Waals surface area contributed by atoms with Gasteiger partial charge in [-0.05, 0) is 151 Å². The van der Waals surface area contributed by atoms with Gasteiger partial charge in [0.25, 0.3) is 0 Å². The monoisotopic (exact) mass is 983 g/mol. The van der Waals surface area contributed by atoms with Gasteiger partial charge in [-0.2, -0.15) is 0 Å². The second kappa shape index (κ2) is 20.9. The molecule has 4 atom stereocenters. The van der Waals surface area contributed by atoms with Crippen molar-refractivity contribution in [2.45, 2.75) is 116 Å². The molecule has 2 unspecified atom stereocenters. The first-order valence-corrected chi connectivity index (χ1v) is 26.1. The predicted octanol–water partition coefficient (Wildman–Crippen LogP) is 11.1. The van der Waals surface area contributed by atoms with E-state index in [1.165, 1.54) is 41.5 Å². The molecule has 14 heteroatoms. The second-order valence-electron chi connectivity index (χ2n) is 21.0. The van der Waals surface area contributed by atoms with E-state index in [-0.39, 0.29) is 35.7 Å². The molecule has 2 aliphatic carbocycles. The number of H-pyrrole nitrogens is 2. The highest BCUT2D eigenvalue weighted by Crippen LogP contribution is 2.54. The number of fused-ring (bicyclic) bond motifs is 2. The SMILES string of the molecule is C=Cc1nc(C2CCCN2C(=O)[C@H](NC(=O)Oc2ccccc2)C(C)C)[nH]c1/C=C\Cc1ccc(-c2ccc3nc(C4CCCN4C(=O)[C@H](NC(=O)Oc4ccccc4)C(C)C)[nH]c3c2)c2c1CC1(CCC1)C2. The fraction of sp³-hybridized carbons (Fsp3) is 0.390. The summed E-state index contributed by atoms with van der Waals surface area (Å²) < 4.78 is 11.0. The Labute approximate surface area is 427 Å². The van der Waals surface area contributed by atoms with Crippen molar-refractivity contribution in [3.8, 4) is 22.6 Å². The Morgan fingerprint density at radius 3 is 1.85 bits per heavy atom. The maximum atomic E-state index is 14.2. The predicted molar refractivity (Wildman–Crippen MR) is 282 cm³/mol. The normalized spacial score (nSPS) is 18.8. The third-order valence-electron chi connectivity index (χ3n) is 15.5. The van der Waals surface area contributed by atoms with E-state index in [1.54, 1.807) is 54.6 Å². The minimum absolute atomic E-state index is 0.144. The molecule has 4 amide bonds. The summed E-state index contributed by atoms with van der Waals surface area (Å²) in [5.74, 6) is 1.65. The minimum atomic E-state index is -0.765. The van der Waals surface area contributed by atoms with Crippen molar-refractivity contribution >= 4 is 47.2 Å². The van der Waals surface area contributed by atoms with Crippen LogP contribution in [0.3, 0.4) is 0 Å². The molecule has 2 aliphatic heterocycles. The van der Waals surface area contributed by atoms with Crippen LogP contribution in [-0.2, 0) is 28.9 Å². The zero-order chi connectivity index (χ0) is 50.8. The highest BCUT2D eigenvalue weighted by Gasteiger charge is 2.44. The number of aromatic nitrogens is 4. The van der Waals surface area contributed by atoms with Gasteiger partial charge in [0.15, 0.2) is 0 Å². The number of hydrogen-bond acceptors (Lipinski definition) is 8. The number of amides is 4. The number of hydrogen-bond donors (Lipinski definition) is 4. The molecule has 4 aliphatic rings. The van der Waals surface area contributed by atoms with Crippen LogP contribution in [0.5, 0.6) is 11.5 Å². The van der Waals surface area contributed by atoms with Crippen LogP contribution in [0.1, 0.15) is 124 Å². The van der Waals surface area contributed by atoms with Crippen molar-refractivity contribution in [3.05, 3.63) is 143 Å². The number of para-hydroxylation sites is 2. The lowest BCUT2D eigenvalue weighted by molar-refractivity contribution is -0.136. The average molecular weight is 983 g/mol. The molecule has 2 aromatic heterocycles. The van der Waals surface area contributed by atoms with Gasteiger partial charge in [0, 0.05) is 13.1 Å². The molecule has 4 heterocycles. The smallest absolute Gasteiger partial charge is 0.410 e. The van der Waals surface area contributed by atoms with Crippen LogP contribution in [-0.4, -0.2) is 78.9 Å². The molecular formula is C59H66N8O6. The van der Waals surface area contributed by atoms with Crippen molar-refractivity contribution < 1.29 is 28.7 Å². The van der Waals surface area contributed by atoms with Crippen LogP contribution in [0, 0.1) is 17.3 Å². The summed E-state index contributed by atoms with van der Waals surface area (Å²) in [7, 11) is 0. The molecule has 4 aromatic carbocycles. The number of carbonyl (C=O) groups is 4. The van der Waals surface area contributed by atoms with Gasteiger partial charge >= 0.3 is 12.2 Å². The highest BCUT2D eigenvalue weighted by atomic mass is 16.6. The quantitative estimate of drug-likeness (QED) is 0.0786. The van der Waals surface area contributed by atoms with Gasteiger partial charge < -0.3 is 39.9 Å². The number of nitrogens with zero attached hydrogens (tertiary/aromatic N) is 4. The molecule has 1 saturated carbocycles. The number of imidazole rings is 2. The summed E-state index contributed by atoms with van der Waals surface area (Å²) in [6.07, 6.45) is 14.5. The van der Waals surface area contributed by atoms with Gasteiger partial charge in [0.1, 0.15) is 35.2 Å². The number of carbonyl (C=O) groups excluding carboxylic acids is 4. The van der Waals surface area contributed by atoms with Crippen LogP contribution >= 0.6 is 0 Å². The summed E-state index contributed by atoms with van der Waals surface area (Å²) in [6, 6.07) is 26.7. The van der Waals surface area contributed by atoms with E-state index in [0.717, 1.165) is 78.8 Å². The number of rotatable bonds is 15. The van der Waals surface area contributed by atoms with E-state index in [2.05, 4.69) is 69.7 Å². The lowest BCUT2D eigenvalue weighted by Crippen LogP contribution is -2.51. The van der Waals surface area contributed by atoms with E-state index in [4.69, 9.17) is 19.4 Å². The zero-order valence-electron chi connectivity index (χ0n) is 42.3. The Bertz CT molecular complexity index is 3050. The van der Waals surface area contributed by atoms with Crippen LogP contribution in [0.15, 0.2) is 104 Å². The topological polar surface area (TPSA) is 175 Å². The zero-order valence-corrected chi connectivity index (χ0v) is 42.3. The first-order valence-electron chi connectivity index (χ1n) is 26.1. The van der Waals surface area contributed by atoms with Gasteiger partial charge in [0.05, 0.1) is 34.5 Å². The van der Waals surface area contributed by atoms with E-state index in [9.17, 15) is 19.2 Å². The standard InChI is InChI=1S/C59H66N8O6/c1-6-45-46(61-53(60-45)49-23-14-31-66(49)55(68)51(36(2)3)64-57(70)72-40-18-9-7-10-19-40)22-13-17-38-25-27-42(44-35-59(29-16-30-59)34-43(38)44)39-26-28-47-48(33-39)63-54(62-47)50-24-15-32-67(50)56(69)52(37(4)5)65-58(71)73-41-20-11-8-12-21-41/h6-13,18-22,25-28,33,36-37,49-52H,1,14-17,23-24,29-32,34-35H2,2-5H3,(H,60,61)(H,62,63)(H,64,70)(H,65,71)/b22-13-/t49?,50?,51-,52-/m1/s1. The summed E-state index contributed by atoms with van der Waals surface area (Å²) in [5.41, 5.74) is 10.3. The lowest BCUT2D eigenvalue weighted by atomic mass is 9.67. The minimum Gasteiger partial charge on any atom is -0.410 e. The van der Waals surface area contributed by atoms with Crippen molar-refractivity contribution in [2.24, 2.45) is 17.3 Å². The van der Waals surface area contributed by atoms with Crippen molar-refractivity contribution in [2.75, 3.05) is 13.1 Å². The van der Waals surface area contributed by atoms with Gasteiger partial charge in [-0.1, -0.05) is 101 Å². The van der Waals surface area contributed by atoms with Crippen molar-refractivity contribution in [1.29, 1.82) is 0 Å². The van der Waals surface area contributed by atoms with E-state index in [0.29, 0.717) is 35.8 Å². The molecule has 4 N–H and O–H groups in total. The maximum Gasteiger partial charge on any atom is 0.413 e. The molecule has 1 spiro atoms. The number of benzene rings is 4. The molecule has 3 fully saturated rings. The lowest BCUT2D eigenvalue weighted by Gasteiger charge is -2.38. The summed E-state index contributed by atoms with van der Waals surface area (Å²) >= 11 is 0. The molecule has 0 radical (unpaired) electrons. The second-order valence-corrected chi connectivity index (χ2v) is 21.0. The number of allylic oxidation sites excluding steroid dienone is 1. The highest BCUT2D eigenvalue weighted by molar-refractivity contribution is 5.88. The Kier molecular flexibility index (Phi) is 14.1. The van der Waals surface area contributed by atoms with Crippen LogP contribution in [0.2, 0.25) is 0 Å². The molecular weight excluding hydrogens is 917 g/mol. The fourth-order valence-electron chi connectivity index (χ4n) is 11.5. The largest absolute Gasteiger partial charge is 0.413 e. The molecule has 378 valence electrons. The third-order valence-corrected chi connectivity index (χ3v) is 15.5. The summed E-state index contributed by atoms with van der Waals surface area (Å²) in [5, 5.41) is 5.67. The van der Waals surface area contributed by atoms with Gasteiger partial charge in [-0.15, -0.1) is 0 Å². The van der Waals surface area contributed by atoms with Crippen molar-refractivity contribution in [1.82, 2.24) is 40.4 Å². The number of ether oxygens (including phenoxy) is 2. The third kappa shape index (κ3) is 10.3. The number of aromatic amines is 2. The Hall–Kier alpha value is -7.48. The van der Waals surface area contributed by atoms with Gasteiger partial charge in [-0.3, -0.25) is 9.59 Å².